The van der Waals surface area contributed by atoms with Crippen molar-refractivity contribution in [3.05, 3.63) is 24.0 Å². The highest BCUT2D eigenvalue weighted by molar-refractivity contribution is 5.49. The predicted octanol–water partition coefficient (Wildman–Crippen LogP) is 2.33. The summed E-state index contributed by atoms with van der Waals surface area (Å²) in [6, 6.07) is 6.54. The Bertz CT molecular complexity index is 375. The second-order valence-electron chi connectivity index (χ2n) is 4.06. The van der Waals surface area contributed by atoms with Gasteiger partial charge in [-0.1, -0.05) is 12.8 Å². The summed E-state index contributed by atoms with van der Waals surface area (Å²) in [7, 11) is 2.10. The lowest BCUT2D eigenvalue weighted by Crippen LogP contribution is -2.28. The molecule has 3 heteroatoms. The minimum Gasteiger partial charge on any atom is -0.371 e. The van der Waals surface area contributed by atoms with Crippen LogP contribution in [-0.4, -0.2) is 18.1 Å². The Morgan fingerprint density at radius 3 is 2.87 bits per heavy atom. The molecule has 2 rings (SSSR count). The van der Waals surface area contributed by atoms with E-state index >= 15 is 0 Å². The molecule has 1 saturated carbocycles. The highest BCUT2D eigenvalue weighted by Gasteiger charge is 2.19. The smallest absolute Gasteiger partial charge is 0.142 e. The van der Waals surface area contributed by atoms with Gasteiger partial charge in [-0.2, -0.15) is 5.26 Å². The summed E-state index contributed by atoms with van der Waals surface area (Å²) in [5, 5.41) is 8.78. The summed E-state index contributed by atoms with van der Waals surface area (Å²) in [4.78, 5) is 6.25. The monoisotopic (exact) mass is 201 g/mol. The lowest BCUT2D eigenvalue weighted by molar-refractivity contribution is 0.653. The molecule has 1 aromatic rings. The van der Waals surface area contributed by atoms with Crippen LogP contribution >= 0.6 is 0 Å². The fourth-order valence-corrected chi connectivity index (χ4v) is 2.20. The SMILES string of the molecule is CN(c1ccnc(C#N)c1)C1CCCC1. The van der Waals surface area contributed by atoms with Crippen LogP contribution in [0.15, 0.2) is 18.3 Å². The first-order valence-electron chi connectivity index (χ1n) is 5.40. The number of hydrogen-bond donors (Lipinski definition) is 0. The molecule has 78 valence electrons. The number of rotatable bonds is 2. The normalized spacial score (nSPS) is 16.3. The van der Waals surface area contributed by atoms with Gasteiger partial charge in [-0.05, 0) is 25.0 Å². The second-order valence-corrected chi connectivity index (χ2v) is 4.06. The first kappa shape index (κ1) is 9.97. The van der Waals surface area contributed by atoms with Crippen molar-refractivity contribution in [1.82, 2.24) is 4.98 Å². The maximum absolute atomic E-state index is 8.78. The lowest BCUT2D eigenvalue weighted by Gasteiger charge is -2.26. The Hall–Kier alpha value is -1.56. The lowest BCUT2D eigenvalue weighted by atomic mass is 10.2. The average Bonchev–Trinajstić information content (AvgIpc) is 2.81. The Morgan fingerprint density at radius 2 is 2.20 bits per heavy atom. The van der Waals surface area contributed by atoms with Gasteiger partial charge in [-0.25, -0.2) is 4.98 Å². The molecule has 0 saturated heterocycles. The minimum absolute atomic E-state index is 0.498. The molecule has 0 radical (unpaired) electrons. The summed E-state index contributed by atoms with van der Waals surface area (Å²) in [6.07, 6.45) is 6.89. The highest BCUT2D eigenvalue weighted by atomic mass is 15.1. The van der Waals surface area contributed by atoms with Gasteiger partial charge >= 0.3 is 0 Å². The molecular weight excluding hydrogens is 186 g/mol. The number of aromatic nitrogens is 1. The van der Waals surface area contributed by atoms with Gasteiger partial charge in [0.2, 0.25) is 0 Å². The van der Waals surface area contributed by atoms with Gasteiger partial charge in [0.1, 0.15) is 11.8 Å². The maximum Gasteiger partial charge on any atom is 0.142 e. The van der Waals surface area contributed by atoms with Gasteiger partial charge in [0.05, 0.1) is 0 Å². The van der Waals surface area contributed by atoms with E-state index in [-0.39, 0.29) is 0 Å². The quantitative estimate of drug-likeness (QED) is 0.737. The molecule has 0 amide bonds. The molecule has 1 heterocycles. The molecule has 0 aromatic carbocycles. The van der Waals surface area contributed by atoms with Crippen LogP contribution in [-0.2, 0) is 0 Å². The Balaban J connectivity index is 2.17. The molecule has 1 fully saturated rings. The van der Waals surface area contributed by atoms with Crippen LogP contribution in [0.1, 0.15) is 31.4 Å². The van der Waals surface area contributed by atoms with Gasteiger partial charge < -0.3 is 4.90 Å². The molecule has 1 aliphatic rings. The van der Waals surface area contributed by atoms with E-state index in [0.29, 0.717) is 11.7 Å². The van der Waals surface area contributed by atoms with E-state index < -0.39 is 0 Å². The van der Waals surface area contributed by atoms with E-state index in [1.54, 1.807) is 6.20 Å². The van der Waals surface area contributed by atoms with Crippen molar-refractivity contribution in [3.63, 3.8) is 0 Å². The average molecular weight is 201 g/mol. The van der Waals surface area contributed by atoms with Crippen molar-refractivity contribution in [2.24, 2.45) is 0 Å². The van der Waals surface area contributed by atoms with Crippen LogP contribution in [0.3, 0.4) is 0 Å². The van der Waals surface area contributed by atoms with Gasteiger partial charge in [0, 0.05) is 25.0 Å². The Kier molecular flexibility index (Phi) is 2.86. The largest absolute Gasteiger partial charge is 0.371 e. The zero-order chi connectivity index (χ0) is 10.7. The molecule has 15 heavy (non-hydrogen) atoms. The topological polar surface area (TPSA) is 39.9 Å². The molecule has 0 unspecified atom stereocenters. The first-order chi connectivity index (χ1) is 7.31. The third-order valence-electron chi connectivity index (χ3n) is 3.14. The van der Waals surface area contributed by atoms with Crippen molar-refractivity contribution >= 4 is 5.69 Å². The summed E-state index contributed by atoms with van der Waals surface area (Å²) < 4.78 is 0. The first-order valence-corrected chi connectivity index (χ1v) is 5.40. The van der Waals surface area contributed by atoms with Crippen molar-refractivity contribution < 1.29 is 0 Å². The summed E-state index contributed by atoms with van der Waals surface area (Å²) in [5.74, 6) is 0. The number of nitrogens with zero attached hydrogens (tertiary/aromatic N) is 3. The maximum atomic E-state index is 8.78. The van der Waals surface area contributed by atoms with Crippen molar-refractivity contribution in [2.75, 3.05) is 11.9 Å². The van der Waals surface area contributed by atoms with Gasteiger partial charge in [-0.15, -0.1) is 0 Å². The summed E-state index contributed by atoms with van der Waals surface area (Å²) in [6.45, 7) is 0. The third-order valence-corrected chi connectivity index (χ3v) is 3.14. The molecule has 0 N–H and O–H groups in total. The summed E-state index contributed by atoms with van der Waals surface area (Å²) >= 11 is 0. The zero-order valence-corrected chi connectivity index (χ0v) is 8.98. The zero-order valence-electron chi connectivity index (χ0n) is 8.98. The Labute approximate surface area is 90.4 Å². The standard InChI is InChI=1S/C12H15N3/c1-15(11-4-2-3-5-11)12-6-7-14-10(8-12)9-13/h6-8,11H,2-5H2,1H3. The van der Waals surface area contributed by atoms with Gasteiger partial charge in [0.25, 0.3) is 0 Å². The number of hydrogen-bond acceptors (Lipinski definition) is 3. The fraction of sp³-hybridized carbons (Fsp3) is 0.500. The second kappa shape index (κ2) is 4.31. The van der Waals surface area contributed by atoms with E-state index in [4.69, 9.17) is 5.26 Å². The minimum atomic E-state index is 0.498. The molecule has 1 aliphatic carbocycles. The van der Waals surface area contributed by atoms with E-state index in [0.717, 1.165) is 5.69 Å². The van der Waals surface area contributed by atoms with E-state index in [2.05, 4.69) is 23.0 Å². The summed E-state index contributed by atoms with van der Waals surface area (Å²) in [5.41, 5.74) is 1.60. The van der Waals surface area contributed by atoms with Crippen molar-refractivity contribution in [1.29, 1.82) is 5.26 Å². The van der Waals surface area contributed by atoms with Gasteiger partial charge in [-0.3, -0.25) is 0 Å². The van der Waals surface area contributed by atoms with Crippen LogP contribution in [0, 0.1) is 11.3 Å². The van der Waals surface area contributed by atoms with E-state index in [1.807, 2.05) is 12.1 Å². The van der Waals surface area contributed by atoms with Crippen LogP contribution in [0.25, 0.3) is 0 Å². The van der Waals surface area contributed by atoms with Gasteiger partial charge in [0.15, 0.2) is 0 Å². The highest BCUT2D eigenvalue weighted by Crippen LogP contribution is 2.26. The predicted molar refractivity (Wildman–Crippen MR) is 59.6 cm³/mol. The van der Waals surface area contributed by atoms with Crippen LogP contribution < -0.4 is 4.90 Å². The number of pyridine rings is 1. The van der Waals surface area contributed by atoms with Crippen molar-refractivity contribution in [2.45, 2.75) is 31.7 Å². The van der Waals surface area contributed by atoms with E-state index in [9.17, 15) is 0 Å². The number of anilines is 1. The van der Waals surface area contributed by atoms with Crippen LogP contribution in [0.4, 0.5) is 5.69 Å². The molecule has 0 atom stereocenters. The molecule has 3 nitrogen and oxygen atoms in total. The van der Waals surface area contributed by atoms with E-state index in [1.165, 1.54) is 25.7 Å². The Morgan fingerprint density at radius 1 is 1.47 bits per heavy atom. The number of nitriles is 1. The molecule has 0 bridgehead atoms. The fourth-order valence-electron chi connectivity index (χ4n) is 2.20. The molecule has 0 spiro atoms. The third kappa shape index (κ3) is 2.10. The molecule has 1 aromatic heterocycles. The van der Waals surface area contributed by atoms with Crippen molar-refractivity contribution in [3.8, 4) is 6.07 Å². The molecule has 0 aliphatic heterocycles. The molecular formula is C12H15N3. The van der Waals surface area contributed by atoms with Crippen LogP contribution in [0.5, 0.6) is 0 Å². The van der Waals surface area contributed by atoms with Crippen LogP contribution in [0.2, 0.25) is 0 Å².